The van der Waals surface area contributed by atoms with E-state index in [1.807, 2.05) is 11.4 Å². The van der Waals surface area contributed by atoms with Gasteiger partial charge in [0.25, 0.3) is 5.56 Å². The summed E-state index contributed by atoms with van der Waals surface area (Å²) in [6.07, 6.45) is 1.61. The molecule has 4 nitrogen and oxygen atoms in total. The largest absolute Gasteiger partial charge is 0.331 e. The first kappa shape index (κ1) is 11.7. The van der Waals surface area contributed by atoms with Crippen LogP contribution < -0.4 is 5.56 Å². The van der Waals surface area contributed by atoms with Gasteiger partial charge in [0.15, 0.2) is 4.77 Å². The maximum Gasteiger partial charge on any atom is 0.272 e. The van der Waals surface area contributed by atoms with Gasteiger partial charge < -0.3 is 4.98 Å². The zero-order valence-electron chi connectivity index (χ0n) is 8.56. The number of aromatic nitrogens is 2. The third kappa shape index (κ3) is 2.16. The second-order valence-electron chi connectivity index (χ2n) is 3.33. The lowest BCUT2D eigenvalue weighted by molar-refractivity contribution is 0.668. The SMILES string of the molecule is CS(=O)CCn1c(=S)[nH]c2ccsc2c1=O. The van der Waals surface area contributed by atoms with Crippen molar-refractivity contribution in [3.8, 4) is 0 Å². The van der Waals surface area contributed by atoms with Crippen LogP contribution in [0, 0.1) is 4.77 Å². The van der Waals surface area contributed by atoms with E-state index in [1.165, 1.54) is 15.9 Å². The molecular weight excluding hydrogens is 264 g/mol. The van der Waals surface area contributed by atoms with Crippen molar-refractivity contribution < 1.29 is 4.21 Å². The van der Waals surface area contributed by atoms with E-state index in [4.69, 9.17) is 12.2 Å². The number of nitrogens with zero attached hydrogens (tertiary/aromatic N) is 1. The number of rotatable bonds is 3. The molecule has 7 heteroatoms. The number of thiophene rings is 1. The van der Waals surface area contributed by atoms with E-state index in [2.05, 4.69) is 4.98 Å². The van der Waals surface area contributed by atoms with Crippen LogP contribution in [0.15, 0.2) is 16.2 Å². The number of hydrogen-bond donors (Lipinski definition) is 1. The van der Waals surface area contributed by atoms with Crippen molar-refractivity contribution in [2.75, 3.05) is 12.0 Å². The standard InChI is InChI=1S/C9H10N2O2S3/c1-16(13)5-3-11-8(12)7-6(2-4-15-7)10-9(11)14/h2,4H,3,5H2,1H3,(H,10,14). The molecule has 2 heterocycles. The van der Waals surface area contributed by atoms with Crippen LogP contribution in [-0.4, -0.2) is 25.8 Å². The Balaban J connectivity index is 2.56. The Labute approximate surface area is 103 Å². The quantitative estimate of drug-likeness (QED) is 0.863. The summed E-state index contributed by atoms with van der Waals surface area (Å²) in [6.45, 7) is 0.394. The summed E-state index contributed by atoms with van der Waals surface area (Å²) < 4.78 is 13.5. The second-order valence-corrected chi connectivity index (χ2v) is 6.19. The minimum atomic E-state index is -0.923. The fraction of sp³-hybridized carbons (Fsp3) is 0.333. The van der Waals surface area contributed by atoms with Crippen LogP contribution in [0.2, 0.25) is 0 Å². The summed E-state index contributed by atoms with van der Waals surface area (Å²) in [4.78, 5) is 15.0. The Morgan fingerprint density at radius 1 is 1.62 bits per heavy atom. The van der Waals surface area contributed by atoms with Gasteiger partial charge in [-0.1, -0.05) is 0 Å². The normalized spacial score (nSPS) is 13.1. The van der Waals surface area contributed by atoms with E-state index in [-0.39, 0.29) is 5.56 Å². The van der Waals surface area contributed by atoms with Gasteiger partial charge in [0, 0.05) is 29.4 Å². The fourth-order valence-corrected chi connectivity index (χ4v) is 2.91. The van der Waals surface area contributed by atoms with Gasteiger partial charge in [-0.05, 0) is 23.7 Å². The third-order valence-corrected chi connectivity index (χ3v) is 4.18. The molecule has 0 saturated heterocycles. The Kier molecular flexibility index (Phi) is 3.36. The van der Waals surface area contributed by atoms with Crippen LogP contribution >= 0.6 is 23.6 Å². The Hall–Kier alpha value is -0.790. The summed E-state index contributed by atoms with van der Waals surface area (Å²) in [5.74, 6) is 0.439. The lowest BCUT2D eigenvalue weighted by atomic mass is 10.5. The van der Waals surface area contributed by atoms with E-state index in [0.29, 0.717) is 21.8 Å². The van der Waals surface area contributed by atoms with E-state index >= 15 is 0 Å². The summed E-state index contributed by atoms with van der Waals surface area (Å²) in [5.41, 5.74) is 0.674. The van der Waals surface area contributed by atoms with Crippen LogP contribution in [0.5, 0.6) is 0 Å². The van der Waals surface area contributed by atoms with Crippen LogP contribution in [-0.2, 0) is 17.3 Å². The molecular formula is C9H10N2O2S3. The van der Waals surface area contributed by atoms with Gasteiger partial charge in [-0.2, -0.15) is 0 Å². The molecule has 0 aliphatic heterocycles. The lowest BCUT2D eigenvalue weighted by Crippen LogP contribution is -2.23. The lowest BCUT2D eigenvalue weighted by Gasteiger charge is -2.04. The molecule has 2 aromatic rings. The summed E-state index contributed by atoms with van der Waals surface area (Å²) in [5, 5.41) is 1.85. The van der Waals surface area contributed by atoms with Crippen molar-refractivity contribution in [3.63, 3.8) is 0 Å². The predicted octanol–water partition coefficient (Wildman–Crippen LogP) is 1.50. The molecule has 1 atom stereocenters. The van der Waals surface area contributed by atoms with E-state index in [0.717, 1.165) is 5.52 Å². The van der Waals surface area contributed by atoms with Gasteiger partial charge >= 0.3 is 0 Å². The number of aromatic amines is 1. The Bertz CT molecular complexity index is 653. The van der Waals surface area contributed by atoms with Crippen molar-refractivity contribution in [3.05, 3.63) is 26.6 Å². The molecule has 0 fully saturated rings. The zero-order valence-corrected chi connectivity index (χ0v) is 11.0. The van der Waals surface area contributed by atoms with Gasteiger partial charge in [0.05, 0.1) is 5.52 Å². The molecule has 86 valence electrons. The number of fused-ring (bicyclic) bond motifs is 1. The minimum Gasteiger partial charge on any atom is -0.331 e. The van der Waals surface area contributed by atoms with Crippen molar-refractivity contribution in [1.82, 2.24) is 9.55 Å². The maximum absolute atomic E-state index is 12.0. The molecule has 0 aliphatic carbocycles. The molecule has 1 unspecified atom stereocenters. The highest BCUT2D eigenvalue weighted by Gasteiger charge is 2.06. The highest BCUT2D eigenvalue weighted by atomic mass is 32.2. The van der Waals surface area contributed by atoms with E-state index in [1.54, 1.807) is 6.26 Å². The van der Waals surface area contributed by atoms with Gasteiger partial charge in [-0.15, -0.1) is 11.3 Å². The molecule has 0 aliphatic rings. The monoisotopic (exact) mass is 274 g/mol. The van der Waals surface area contributed by atoms with Crippen LogP contribution in [0.1, 0.15) is 0 Å². The molecule has 0 spiro atoms. The first-order valence-electron chi connectivity index (χ1n) is 4.60. The average Bonchev–Trinajstić information content (AvgIpc) is 2.64. The van der Waals surface area contributed by atoms with Gasteiger partial charge in [-0.3, -0.25) is 13.6 Å². The fourth-order valence-electron chi connectivity index (χ4n) is 1.39. The average molecular weight is 274 g/mol. The Morgan fingerprint density at radius 2 is 2.38 bits per heavy atom. The molecule has 0 aromatic carbocycles. The van der Waals surface area contributed by atoms with Crippen LogP contribution in [0.25, 0.3) is 10.2 Å². The molecule has 2 rings (SSSR count). The first-order valence-corrected chi connectivity index (χ1v) is 7.61. The molecule has 16 heavy (non-hydrogen) atoms. The van der Waals surface area contributed by atoms with Crippen molar-refractivity contribution in [1.29, 1.82) is 0 Å². The smallest absolute Gasteiger partial charge is 0.272 e. The van der Waals surface area contributed by atoms with Crippen molar-refractivity contribution >= 4 is 44.6 Å². The summed E-state index contributed by atoms with van der Waals surface area (Å²) >= 11 is 6.48. The summed E-state index contributed by atoms with van der Waals surface area (Å²) in [6, 6.07) is 1.83. The summed E-state index contributed by atoms with van der Waals surface area (Å²) in [7, 11) is -0.923. The maximum atomic E-state index is 12.0. The highest BCUT2D eigenvalue weighted by molar-refractivity contribution is 7.84. The van der Waals surface area contributed by atoms with Crippen LogP contribution in [0.3, 0.4) is 0 Å². The van der Waals surface area contributed by atoms with E-state index < -0.39 is 10.8 Å². The third-order valence-electron chi connectivity index (χ3n) is 2.19. The molecule has 0 bridgehead atoms. The molecule has 2 aromatic heterocycles. The van der Waals surface area contributed by atoms with E-state index in [9.17, 15) is 9.00 Å². The van der Waals surface area contributed by atoms with Gasteiger partial charge in [0.1, 0.15) is 4.70 Å². The predicted molar refractivity (Wildman–Crippen MR) is 70.2 cm³/mol. The molecule has 1 N–H and O–H groups in total. The molecule has 0 radical (unpaired) electrons. The minimum absolute atomic E-state index is 0.0980. The molecule has 0 amide bonds. The van der Waals surface area contributed by atoms with Crippen molar-refractivity contribution in [2.45, 2.75) is 6.54 Å². The number of hydrogen-bond acceptors (Lipinski definition) is 4. The Morgan fingerprint density at radius 3 is 3.06 bits per heavy atom. The highest BCUT2D eigenvalue weighted by Crippen LogP contribution is 2.13. The first-order chi connectivity index (χ1) is 7.59. The topological polar surface area (TPSA) is 54.9 Å². The van der Waals surface area contributed by atoms with Crippen LogP contribution in [0.4, 0.5) is 0 Å². The van der Waals surface area contributed by atoms with Gasteiger partial charge in [-0.25, -0.2) is 0 Å². The number of H-pyrrole nitrogens is 1. The molecule has 0 saturated carbocycles. The zero-order chi connectivity index (χ0) is 11.7. The van der Waals surface area contributed by atoms with Gasteiger partial charge in [0.2, 0.25) is 0 Å². The number of nitrogens with one attached hydrogen (secondary N) is 1. The second kappa shape index (κ2) is 4.60. The van der Waals surface area contributed by atoms with Crippen molar-refractivity contribution in [2.24, 2.45) is 0 Å².